The third kappa shape index (κ3) is 3.97. The number of anilines is 2. The highest BCUT2D eigenvalue weighted by Gasteiger charge is 2.23. The van der Waals surface area contributed by atoms with E-state index in [1.165, 1.54) is 6.20 Å². The topological polar surface area (TPSA) is 42.7 Å². The molecule has 0 spiro atoms. The first-order chi connectivity index (χ1) is 15.0. The van der Waals surface area contributed by atoms with Crippen molar-refractivity contribution in [1.82, 2.24) is 14.5 Å². The van der Waals surface area contributed by atoms with E-state index in [0.717, 1.165) is 28.3 Å². The van der Waals surface area contributed by atoms with Crippen LogP contribution in [0.1, 0.15) is 23.9 Å². The van der Waals surface area contributed by atoms with E-state index in [9.17, 15) is 4.39 Å². The van der Waals surface area contributed by atoms with Crippen molar-refractivity contribution in [2.75, 3.05) is 5.32 Å². The molecule has 156 valence electrons. The molecule has 0 unspecified atom stereocenters. The Bertz CT molecular complexity index is 1240. The first kappa shape index (κ1) is 20.8. The van der Waals surface area contributed by atoms with Crippen LogP contribution in [0.2, 0.25) is 5.02 Å². The van der Waals surface area contributed by atoms with Gasteiger partial charge in [-0.25, -0.2) is 9.37 Å². The van der Waals surface area contributed by atoms with Crippen molar-refractivity contribution in [1.29, 1.82) is 0 Å². The van der Waals surface area contributed by atoms with Crippen LogP contribution in [0.25, 0.3) is 17.0 Å². The van der Waals surface area contributed by atoms with Crippen LogP contribution in [0.5, 0.6) is 0 Å². The molecule has 0 saturated carbocycles. The first-order valence-electron chi connectivity index (χ1n) is 9.94. The molecular formula is C25H22ClFN4. The number of halogens is 2. The number of hydrogen-bond donors (Lipinski definition) is 1. The van der Waals surface area contributed by atoms with Crippen LogP contribution in [0, 0.1) is 19.7 Å². The smallest absolute Gasteiger partial charge is 0.151 e. The summed E-state index contributed by atoms with van der Waals surface area (Å²) in [6, 6.07) is 17.3. The van der Waals surface area contributed by atoms with Crippen LogP contribution >= 0.6 is 11.6 Å². The lowest BCUT2D eigenvalue weighted by molar-refractivity contribution is 0.624. The molecular weight excluding hydrogens is 411 g/mol. The molecule has 0 amide bonds. The standard InChI is InChI=1S/C25H22ClFN4/c1-4-22(18-10-6-5-7-11-18)31-17(3)29-24(19-13-14-28-15-21(19)27)25(31)30-23-16(2)9-8-12-20(23)26/h4-15,30H,1-3H3/b22-4-. The molecule has 0 aliphatic carbocycles. The zero-order valence-corrected chi connectivity index (χ0v) is 18.3. The molecule has 0 bridgehead atoms. The lowest BCUT2D eigenvalue weighted by Crippen LogP contribution is -2.07. The summed E-state index contributed by atoms with van der Waals surface area (Å²) < 4.78 is 16.7. The molecule has 2 aromatic heterocycles. The first-order valence-corrected chi connectivity index (χ1v) is 10.3. The molecule has 0 aliphatic heterocycles. The third-order valence-electron chi connectivity index (χ3n) is 5.12. The number of pyridine rings is 1. The van der Waals surface area contributed by atoms with Crippen molar-refractivity contribution in [2.24, 2.45) is 0 Å². The fraction of sp³-hybridized carbons (Fsp3) is 0.120. The average Bonchev–Trinajstić information content (AvgIpc) is 3.08. The Morgan fingerprint density at radius 1 is 1.06 bits per heavy atom. The molecule has 0 atom stereocenters. The van der Waals surface area contributed by atoms with E-state index in [-0.39, 0.29) is 0 Å². The number of nitrogens with one attached hydrogen (secondary N) is 1. The third-order valence-corrected chi connectivity index (χ3v) is 5.44. The van der Waals surface area contributed by atoms with Gasteiger partial charge in [0.1, 0.15) is 17.3 Å². The number of aromatic nitrogens is 3. The van der Waals surface area contributed by atoms with Gasteiger partial charge in [0.2, 0.25) is 0 Å². The van der Waals surface area contributed by atoms with Gasteiger partial charge in [-0.05, 0) is 44.0 Å². The Morgan fingerprint density at radius 3 is 2.52 bits per heavy atom. The molecule has 6 heteroatoms. The number of imidazole rings is 1. The second-order valence-corrected chi connectivity index (χ2v) is 7.55. The zero-order valence-electron chi connectivity index (χ0n) is 17.5. The van der Waals surface area contributed by atoms with Crippen LogP contribution in [0.3, 0.4) is 0 Å². The lowest BCUT2D eigenvalue weighted by Gasteiger charge is -2.18. The summed E-state index contributed by atoms with van der Waals surface area (Å²) in [6.07, 6.45) is 4.77. The lowest BCUT2D eigenvalue weighted by atomic mass is 10.1. The number of benzene rings is 2. The summed E-state index contributed by atoms with van der Waals surface area (Å²) in [5.74, 6) is 0.916. The summed E-state index contributed by atoms with van der Waals surface area (Å²) >= 11 is 6.51. The van der Waals surface area contributed by atoms with E-state index < -0.39 is 5.82 Å². The normalized spacial score (nSPS) is 11.6. The molecule has 31 heavy (non-hydrogen) atoms. The molecule has 1 N–H and O–H groups in total. The van der Waals surface area contributed by atoms with Crippen LogP contribution in [0.4, 0.5) is 15.9 Å². The van der Waals surface area contributed by atoms with Gasteiger partial charge in [0.15, 0.2) is 5.82 Å². The average molecular weight is 433 g/mol. The van der Waals surface area contributed by atoms with Crippen molar-refractivity contribution in [3.63, 3.8) is 0 Å². The van der Waals surface area contributed by atoms with Gasteiger partial charge in [0.05, 0.1) is 22.6 Å². The Morgan fingerprint density at radius 2 is 1.84 bits per heavy atom. The second kappa shape index (κ2) is 8.74. The summed E-state index contributed by atoms with van der Waals surface area (Å²) in [4.78, 5) is 8.62. The summed E-state index contributed by atoms with van der Waals surface area (Å²) in [5.41, 5.74) is 4.54. The molecule has 0 saturated heterocycles. The molecule has 0 aliphatic rings. The highest BCUT2D eigenvalue weighted by Crippen LogP contribution is 2.38. The molecule has 0 fully saturated rings. The number of hydrogen-bond acceptors (Lipinski definition) is 3. The second-order valence-electron chi connectivity index (χ2n) is 7.14. The quantitative estimate of drug-likeness (QED) is 0.369. The van der Waals surface area contributed by atoms with Crippen LogP contribution in [-0.2, 0) is 0 Å². The Kier molecular flexibility index (Phi) is 5.87. The van der Waals surface area contributed by atoms with Gasteiger partial charge < -0.3 is 5.32 Å². The van der Waals surface area contributed by atoms with Crippen LogP contribution < -0.4 is 5.32 Å². The van der Waals surface area contributed by atoms with Crippen molar-refractivity contribution in [3.05, 3.63) is 101 Å². The molecule has 2 heterocycles. The largest absolute Gasteiger partial charge is 0.338 e. The minimum absolute atomic E-state index is 0.368. The summed E-state index contributed by atoms with van der Waals surface area (Å²) in [7, 11) is 0. The number of aryl methyl sites for hydroxylation is 2. The molecule has 4 aromatic rings. The Balaban J connectivity index is 1.98. The van der Waals surface area contributed by atoms with Gasteiger partial charge in [-0.1, -0.05) is 60.1 Å². The maximum Gasteiger partial charge on any atom is 0.151 e. The highest BCUT2D eigenvalue weighted by molar-refractivity contribution is 6.33. The van der Waals surface area contributed by atoms with Crippen molar-refractivity contribution >= 4 is 28.8 Å². The van der Waals surface area contributed by atoms with E-state index in [2.05, 4.69) is 10.3 Å². The molecule has 2 aromatic carbocycles. The Hall–Kier alpha value is -3.44. The Labute approximate surface area is 186 Å². The SMILES string of the molecule is C/C=C(/c1ccccc1)n1c(C)nc(-c2ccncc2F)c1Nc1c(C)cccc1Cl. The summed E-state index contributed by atoms with van der Waals surface area (Å²) in [5, 5.41) is 4.03. The van der Waals surface area contributed by atoms with E-state index in [1.807, 2.05) is 79.9 Å². The fourth-order valence-corrected chi connectivity index (χ4v) is 3.91. The van der Waals surface area contributed by atoms with Crippen molar-refractivity contribution < 1.29 is 4.39 Å². The monoisotopic (exact) mass is 432 g/mol. The maximum absolute atomic E-state index is 14.7. The van der Waals surface area contributed by atoms with E-state index >= 15 is 0 Å². The minimum atomic E-state index is -0.437. The van der Waals surface area contributed by atoms with Crippen molar-refractivity contribution in [2.45, 2.75) is 20.8 Å². The van der Waals surface area contributed by atoms with Gasteiger partial charge in [0.25, 0.3) is 0 Å². The van der Waals surface area contributed by atoms with E-state index in [1.54, 1.807) is 12.3 Å². The van der Waals surface area contributed by atoms with E-state index in [0.29, 0.717) is 22.1 Å². The highest BCUT2D eigenvalue weighted by atomic mass is 35.5. The van der Waals surface area contributed by atoms with Crippen LogP contribution in [-0.4, -0.2) is 14.5 Å². The van der Waals surface area contributed by atoms with Gasteiger partial charge in [-0.3, -0.25) is 9.55 Å². The van der Waals surface area contributed by atoms with Crippen molar-refractivity contribution in [3.8, 4) is 11.3 Å². The van der Waals surface area contributed by atoms with Gasteiger partial charge in [0, 0.05) is 11.8 Å². The maximum atomic E-state index is 14.7. The number of nitrogens with zero attached hydrogens (tertiary/aromatic N) is 3. The molecule has 4 rings (SSSR count). The summed E-state index contributed by atoms with van der Waals surface area (Å²) in [6.45, 7) is 5.85. The number of rotatable bonds is 5. The predicted octanol–water partition coefficient (Wildman–Crippen LogP) is 7.01. The molecule has 4 nitrogen and oxygen atoms in total. The fourth-order valence-electron chi connectivity index (χ4n) is 3.64. The van der Waals surface area contributed by atoms with Gasteiger partial charge >= 0.3 is 0 Å². The zero-order chi connectivity index (χ0) is 22.0. The van der Waals surface area contributed by atoms with Gasteiger partial charge in [-0.2, -0.15) is 0 Å². The van der Waals surface area contributed by atoms with Crippen LogP contribution in [0.15, 0.2) is 73.1 Å². The van der Waals surface area contributed by atoms with Gasteiger partial charge in [-0.15, -0.1) is 0 Å². The number of allylic oxidation sites excluding steroid dienone is 1. The molecule has 0 radical (unpaired) electrons. The van der Waals surface area contributed by atoms with E-state index in [4.69, 9.17) is 16.6 Å². The predicted molar refractivity (Wildman–Crippen MR) is 125 cm³/mol. The number of para-hydroxylation sites is 1. The minimum Gasteiger partial charge on any atom is -0.338 e.